The second kappa shape index (κ2) is 23.3. The Balaban J connectivity index is 0.000000250. The number of esters is 1. The second-order valence-electron chi connectivity index (χ2n) is 21.3. The number of aryl methyl sites for hydroxylation is 2. The van der Waals surface area contributed by atoms with Gasteiger partial charge in [-0.25, -0.2) is 9.59 Å². The van der Waals surface area contributed by atoms with E-state index < -0.39 is 17.3 Å². The Kier molecular flexibility index (Phi) is 18.6. The van der Waals surface area contributed by atoms with Gasteiger partial charge in [-0.3, -0.25) is 19.6 Å². The molecule has 2 aliphatic carbocycles. The third-order valence-corrected chi connectivity index (χ3v) is 14.9. The van der Waals surface area contributed by atoms with E-state index in [1.807, 2.05) is 70.5 Å². The standard InChI is InChI=1S/C29H36N2O3.C28H34N2O3.Na.H2O/c1-28(2,3)24-16-18-29(19-17-24)30-25(15-12-21-8-6-5-7-9-21)26(32)31(29)20-22-10-13-23(14-11-22)27(33)34-4;1-27(2,3)23-15-17-28(18-16-23)29-24(14-11-20-7-5-4-6-8-20)25(31)30(28)19-21-9-12-22(13-10-21)26(32)33;;/h5-11,13-14,24H,12,15-20H2,1-4H3;4-10,12-13,23H,11,14-19H2,1-3H3,(H,32,33);;1H2/q;;+1;/p-1. The van der Waals surface area contributed by atoms with Gasteiger partial charge in [0.05, 0.1) is 18.2 Å². The molecule has 0 saturated heterocycles. The van der Waals surface area contributed by atoms with Crippen LogP contribution in [0, 0.1) is 22.7 Å². The summed E-state index contributed by atoms with van der Waals surface area (Å²) in [6, 6.07) is 34.7. The zero-order valence-electron chi connectivity index (χ0n) is 42.2. The zero-order valence-corrected chi connectivity index (χ0v) is 44.2. The van der Waals surface area contributed by atoms with Gasteiger partial charge in [0, 0.05) is 13.1 Å². The van der Waals surface area contributed by atoms with Crippen molar-refractivity contribution in [3.63, 3.8) is 0 Å². The van der Waals surface area contributed by atoms with Gasteiger partial charge in [0.15, 0.2) is 0 Å². The summed E-state index contributed by atoms with van der Waals surface area (Å²) < 4.78 is 4.81. The molecule has 2 saturated carbocycles. The van der Waals surface area contributed by atoms with Crippen LogP contribution in [-0.4, -0.2) is 74.0 Å². The fourth-order valence-corrected chi connectivity index (χ4v) is 10.6. The summed E-state index contributed by atoms with van der Waals surface area (Å²) >= 11 is 0. The Hall–Kier alpha value is -4.94. The van der Waals surface area contributed by atoms with Gasteiger partial charge in [-0.15, -0.1) is 0 Å². The van der Waals surface area contributed by atoms with Crippen molar-refractivity contribution in [2.75, 3.05) is 7.11 Å². The van der Waals surface area contributed by atoms with Crippen LogP contribution in [0.1, 0.15) is 149 Å². The van der Waals surface area contributed by atoms with Crippen LogP contribution in [0.25, 0.3) is 0 Å². The maximum Gasteiger partial charge on any atom is 1.00 e. The molecule has 11 nitrogen and oxygen atoms in total. The predicted octanol–water partition coefficient (Wildman–Crippen LogP) is 8.38. The molecule has 0 radical (unpaired) electrons. The molecule has 0 atom stereocenters. The van der Waals surface area contributed by atoms with Crippen molar-refractivity contribution in [1.82, 2.24) is 9.80 Å². The largest absolute Gasteiger partial charge is 1.00 e. The van der Waals surface area contributed by atoms with Crippen LogP contribution in [0.2, 0.25) is 0 Å². The Bertz CT molecular complexity index is 2430. The number of hydrogen-bond donors (Lipinski definition) is 1. The van der Waals surface area contributed by atoms with Crippen LogP contribution in [0.15, 0.2) is 119 Å². The number of carboxylic acid groups (broad SMARTS) is 1. The van der Waals surface area contributed by atoms with Crippen molar-refractivity contribution in [3.8, 4) is 0 Å². The molecule has 69 heavy (non-hydrogen) atoms. The SMILES string of the molecule is CC(C)(C)C1CCC2(CC1)N=C(CCc1ccccc1)C(=O)N2Cc1ccc(C(=O)O)cc1.COC(=O)c1ccc(CN2C(=O)C(CCc3ccccc3)=NC23CCC(C(C)(C)C)CC3)cc1.[Na+].[OH-]. The quantitative estimate of drug-likeness (QED) is 0.110. The first-order valence-corrected chi connectivity index (χ1v) is 24.3. The van der Waals surface area contributed by atoms with Crippen molar-refractivity contribution >= 4 is 35.2 Å². The summed E-state index contributed by atoms with van der Waals surface area (Å²) in [5.74, 6) is 0.0516. The zero-order chi connectivity index (χ0) is 48.0. The van der Waals surface area contributed by atoms with Crippen LogP contribution in [-0.2, 0) is 40.3 Å². The fourth-order valence-electron chi connectivity index (χ4n) is 10.6. The summed E-state index contributed by atoms with van der Waals surface area (Å²) in [5, 5.41) is 9.20. The molecule has 12 heteroatoms. The van der Waals surface area contributed by atoms with Gasteiger partial charge in [-0.05, 0) is 146 Å². The van der Waals surface area contributed by atoms with Gasteiger partial charge in [0.25, 0.3) is 11.8 Å². The number of ether oxygens (including phenoxy) is 1. The first-order chi connectivity index (χ1) is 31.9. The number of hydrogen-bond acceptors (Lipinski definition) is 8. The summed E-state index contributed by atoms with van der Waals surface area (Å²) in [4.78, 5) is 64.4. The van der Waals surface area contributed by atoms with Crippen LogP contribution in [0.4, 0.5) is 0 Å². The molecule has 8 rings (SSSR count). The fraction of sp³-hybridized carbons (Fsp3) is 0.474. The summed E-state index contributed by atoms with van der Waals surface area (Å²) in [6.45, 7) is 14.8. The monoisotopic (exact) mass is 947 g/mol. The van der Waals surface area contributed by atoms with Gasteiger partial charge in [0.2, 0.25) is 0 Å². The first-order valence-electron chi connectivity index (χ1n) is 24.3. The van der Waals surface area contributed by atoms with E-state index in [1.165, 1.54) is 18.2 Å². The molecule has 0 unspecified atom stereocenters. The van der Waals surface area contributed by atoms with Crippen molar-refractivity contribution in [3.05, 3.63) is 143 Å². The van der Waals surface area contributed by atoms with E-state index >= 15 is 0 Å². The Morgan fingerprint density at radius 2 is 0.913 bits per heavy atom. The van der Waals surface area contributed by atoms with E-state index in [1.54, 1.807) is 24.3 Å². The molecule has 2 N–H and O–H groups in total. The van der Waals surface area contributed by atoms with Gasteiger partial charge in [-0.1, -0.05) is 126 Å². The molecular weight excluding hydrogens is 876 g/mol. The van der Waals surface area contributed by atoms with E-state index in [4.69, 9.17) is 14.7 Å². The van der Waals surface area contributed by atoms with Gasteiger partial charge >= 0.3 is 41.5 Å². The molecule has 2 aliphatic heterocycles. The molecule has 4 aromatic rings. The third kappa shape index (κ3) is 13.3. The molecule has 0 bridgehead atoms. The average molecular weight is 947 g/mol. The van der Waals surface area contributed by atoms with E-state index in [9.17, 15) is 24.3 Å². The normalized spacial score (nSPS) is 22.2. The molecule has 4 aliphatic rings. The van der Waals surface area contributed by atoms with E-state index in [0.29, 0.717) is 54.8 Å². The molecule has 362 valence electrons. The topological polar surface area (TPSA) is 159 Å². The average Bonchev–Trinajstić information content (AvgIpc) is 3.71. The number of methoxy groups -OCH3 is 1. The third-order valence-electron chi connectivity index (χ3n) is 14.9. The Labute approximate surface area is 431 Å². The first kappa shape index (κ1) is 55.0. The van der Waals surface area contributed by atoms with Crippen LogP contribution < -0.4 is 29.6 Å². The Morgan fingerprint density at radius 1 is 0.565 bits per heavy atom. The molecule has 0 aromatic heterocycles. The van der Waals surface area contributed by atoms with Crippen LogP contribution in [0.5, 0.6) is 0 Å². The van der Waals surface area contributed by atoms with Crippen molar-refractivity contribution in [1.29, 1.82) is 0 Å². The molecule has 2 fully saturated rings. The summed E-state index contributed by atoms with van der Waals surface area (Å²) in [7, 11) is 1.38. The van der Waals surface area contributed by atoms with Gasteiger partial charge < -0.3 is 25.1 Å². The molecule has 4 aromatic carbocycles. The minimum atomic E-state index is -0.942. The number of amides is 2. The van der Waals surface area contributed by atoms with Crippen LogP contribution in [0.3, 0.4) is 0 Å². The minimum absolute atomic E-state index is 0. The van der Waals surface area contributed by atoms with E-state index in [-0.39, 0.29) is 69.2 Å². The maximum atomic E-state index is 13.6. The van der Waals surface area contributed by atoms with Gasteiger partial charge in [-0.2, -0.15) is 0 Å². The van der Waals surface area contributed by atoms with Gasteiger partial charge in [0.1, 0.15) is 22.7 Å². The number of aromatic carboxylic acids is 1. The van der Waals surface area contributed by atoms with Crippen molar-refractivity contribution in [2.24, 2.45) is 32.7 Å². The summed E-state index contributed by atoms with van der Waals surface area (Å²) in [6.07, 6.45) is 10.7. The number of carbonyl (C=O) groups is 4. The predicted molar refractivity (Wildman–Crippen MR) is 267 cm³/mol. The number of carbonyl (C=O) groups excluding carboxylic acids is 3. The van der Waals surface area contributed by atoms with E-state index in [0.717, 1.165) is 75.3 Å². The number of aliphatic imine (C=N–C) groups is 2. The molecular formula is C57H71N4NaO7. The molecule has 2 amide bonds. The smallest absolute Gasteiger partial charge is 0.870 e. The number of carboxylic acids is 1. The Morgan fingerprint density at radius 3 is 1.23 bits per heavy atom. The van der Waals surface area contributed by atoms with E-state index in [2.05, 4.69) is 65.8 Å². The van der Waals surface area contributed by atoms with Crippen LogP contribution >= 0.6 is 0 Å². The maximum absolute atomic E-state index is 13.6. The minimum Gasteiger partial charge on any atom is -0.870 e. The number of nitrogens with zero attached hydrogens (tertiary/aromatic N) is 4. The number of rotatable bonds is 12. The molecule has 2 spiro atoms. The van der Waals surface area contributed by atoms with Crippen molar-refractivity contribution < 1.29 is 64.1 Å². The summed E-state index contributed by atoms with van der Waals surface area (Å²) in [5.41, 5.74) is 6.09. The second-order valence-corrected chi connectivity index (χ2v) is 21.3. The van der Waals surface area contributed by atoms with Crippen molar-refractivity contribution in [2.45, 2.75) is 143 Å². The molecule has 2 heterocycles. The number of benzene rings is 4.